The Kier molecular flexibility index (Phi) is 3.14. The summed E-state index contributed by atoms with van der Waals surface area (Å²) in [7, 11) is 1.56. The van der Waals surface area contributed by atoms with Crippen LogP contribution in [0.25, 0.3) is 0 Å². The van der Waals surface area contributed by atoms with Crippen molar-refractivity contribution in [1.29, 1.82) is 0 Å². The first-order chi connectivity index (χ1) is 7.29. The smallest absolute Gasteiger partial charge is 0.164 e. The molecule has 1 aliphatic rings. The van der Waals surface area contributed by atoms with Gasteiger partial charge in [0.05, 0.1) is 12.5 Å². The van der Waals surface area contributed by atoms with Gasteiger partial charge in [0.25, 0.3) is 0 Å². The predicted molar refractivity (Wildman–Crippen MR) is 55.3 cm³/mol. The molecule has 3 nitrogen and oxygen atoms in total. The van der Waals surface area contributed by atoms with Gasteiger partial charge in [-0.3, -0.25) is 4.79 Å². The highest BCUT2D eigenvalue weighted by atomic mass is 16.7. The van der Waals surface area contributed by atoms with Crippen LogP contribution in [0.5, 0.6) is 0 Å². The van der Waals surface area contributed by atoms with Crippen LogP contribution >= 0.6 is 0 Å². The Labute approximate surface area is 89.0 Å². The van der Waals surface area contributed by atoms with Gasteiger partial charge < -0.3 is 9.47 Å². The number of ketones is 1. The quantitative estimate of drug-likeness (QED) is 0.743. The third-order valence-corrected chi connectivity index (χ3v) is 2.56. The second-order valence-electron chi connectivity index (χ2n) is 3.65. The summed E-state index contributed by atoms with van der Waals surface area (Å²) in [5.74, 6) is 0.196. The average molecular weight is 206 g/mol. The molecule has 1 aliphatic heterocycles. The van der Waals surface area contributed by atoms with Gasteiger partial charge in [-0.1, -0.05) is 30.3 Å². The molecule has 0 amide bonds. The number of carbonyl (C=O) groups is 1. The maximum absolute atomic E-state index is 11.5. The Bertz CT molecular complexity index is 334. The van der Waals surface area contributed by atoms with Gasteiger partial charge in [-0.15, -0.1) is 0 Å². The van der Waals surface area contributed by atoms with E-state index in [-0.39, 0.29) is 11.9 Å². The van der Waals surface area contributed by atoms with E-state index in [2.05, 4.69) is 0 Å². The Morgan fingerprint density at radius 1 is 1.27 bits per heavy atom. The van der Waals surface area contributed by atoms with Crippen LogP contribution in [0.4, 0.5) is 0 Å². The molecule has 3 heteroatoms. The maximum atomic E-state index is 11.5. The summed E-state index contributed by atoms with van der Waals surface area (Å²) >= 11 is 0. The summed E-state index contributed by atoms with van der Waals surface area (Å²) in [6.45, 7) is 0. The SMILES string of the molecule is COC1CC(=O)CC(c2ccccc2)O1. The number of hydrogen-bond donors (Lipinski definition) is 0. The first-order valence-corrected chi connectivity index (χ1v) is 5.04. The first-order valence-electron chi connectivity index (χ1n) is 5.04. The average Bonchev–Trinajstić information content (AvgIpc) is 2.29. The third-order valence-electron chi connectivity index (χ3n) is 2.56. The number of benzene rings is 1. The number of rotatable bonds is 2. The second kappa shape index (κ2) is 4.55. The molecule has 0 bridgehead atoms. The number of methoxy groups -OCH3 is 1. The van der Waals surface area contributed by atoms with Crippen LogP contribution in [-0.2, 0) is 14.3 Å². The van der Waals surface area contributed by atoms with Crippen LogP contribution in [0.3, 0.4) is 0 Å². The van der Waals surface area contributed by atoms with Crippen LogP contribution in [0, 0.1) is 0 Å². The molecule has 0 saturated carbocycles. The summed E-state index contributed by atoms with van der Waals surface area (Å²) in [5, 5.41) is 0. The summed E-state index contributed by atoms with van der Waals surface area (Å²) in [5.41, 5.74) is 1.03. The Morgan fingerprint density at radius 2 is 2.00 bits per heavy atom. The van der Waals surface area contributed by atoms with Crippen molar-refractivity contribution in [3.05, 3.63) is 35.9 Å². The number of ether oxygens (including phenoxy) is 2. The predicted octanol–water partition coefficient (Wildman–Crippen LogP) is 2.08. The van der Waals surface area contributed by atoms with Gasteiger partial charge >= 0.3 is 0 Å². The lowest BCUT2D eigenvalue weighted by Gasteiger charge is -2.28. The molecule has 2 atom stereocenters. The minimum absolute atomic E-state index is 0.155. The van der Waals surface area contributed by atoms with Crippen LogP contribution in [0.2, 0.25) is 0 Å². The number of Topliss-reactive ketones (excluding diaryl/α,β-unsaturated/α-hetero) is 1. The molecule has 80 valence electrons. The highest BCUT2D eigenvalue weighted by molar-refractivity contribution is 5.80. The number of hydrogen-bond acceptors (Lipinski definition) is 3. The largest absolute Gasteiger partial charge is 0.355 e. The van der Waals surface area contributed by atoms with Crippen molar-refractivity contribution >= 4 is 5.78 Å². The van der Waals surface area contributed by atoms with E-state index >= 15 is 0 Å². The summed E-state index contributed by atoms with van der Waals surface area (Å²) in [4.78, 5) is 11.5. The molecule has 0 aromatic heterocycles. The van der Waals surface area contributed by atoms with Crippen molar-refractivity contribution in [2.24, 2.45) is 0 Å². The van der Waals surface area contributed by atoms with Crippen LogP contribution in [0.15, 0.2) is 30.3 Å². The fraction of sp³-hybridized carbons (Fsp3) is 0.417. The van der Waals surface area contributed by atoms with Gasteiger partial charge in [-0.25, -0.2) is 0 Å². The zero-order valence-corrected chi connectivity index (χ0v) is 8.68. The van der Waals surface area contributed by atoms with Crippen molar-refractivity contribution in [2.45, 2.75) is 25.2 Å². The van der Waals surface area contributed by atoms with E-state index in [0.29, 0.717) is 12.8 Å². The standard InChI is InChI=1S/C12H14O3/c1-14-12-8-10(13)7-11(15-12)9-5-3-2-4-6-9/h2-6,11-12H,7-8H2,1H3. The van der Waals surface area contributed by atoms with E-state index in [1.165, 1.54) is 0 Å². The molecular formula is C12H14O3. The van der Waals surface area contributed by atoms with Gasteiger partial charge in [0.1, 0.15) is 5.78 Å². The van der Waals surface area contributed by atoms with Gasteiger partial charge in [0.15, 0.2) is 6.29 Å². The van der Waals surface area contributed by atoms with Crippen molar-refractivity contribution in [3.8, 4) is 0 Å². The summed E-state index contributed by atoms with van der Waals surface area (Å²) < 4.78 is 10.7. The molecule has 0 aliphatic carbocycles. The molecule has 1 aromatic carbocycles. The third kappa shape index (κ3) is 2.43. The molecular weight excluding hydrogens is 192 g/mol. The Hall–Kier alpha value is -1.19. The fourth-order valence-electron chi connectivity index (χ4n) is 1.76. The minimum atomic E-state index is -0.392. The van der Waals surface area contributed by atoms with Crippen molar-refractivity contribution in [3.63, 3.8) is 0 Å². The van der Waals surface area contributed by atoms with Gasteiger partial charge in [0.2, 0.25) is 0 Å². The zero-order chi connectivity index (χ0) is 10.7. The lowest BCUT2D eigenvalue weighted by molar-refractivity contribution is -0.185. The molecule has 1 saturated heterocycles. The number of carbonyl (C=O) groups excluding carboxylic acids is 1. The van der Waals surface area contributed by atoms with E-state index in [1.54, 1.807) is 7.11 Å². The van der Waals surface area contributed by atoms with Gasteiger partial charge in [-0.2, -0.15) is 0 Å². The molecule has 1 aromatic rings. The Morgan fingerprint density at radius 3 is 2.67 bits per heavy atom. The normalized spacial score (nSPS) is 26.6. The van der Waals surface area contributed by atoms with Crippen molar-refractivity contribution in [1.82, 2.24) is 0 Å². The Balaban J connectivity index is 2.12. The van der Waals surface area contributed by atoms with Crippen molar-refractivity contribution in [2.75, 3.05) is 7.11 Å². The van der Waals surface area contributed by atoms with Crippen LogP contribution < -0.4 is 0 Å². The molecule has 0 N–H and O–H groups in total. The van der Waals surface area contributed by atoms with Gasteiger partial charge in [0, 0.05) is 13.5 Å². The molecule has 0 spiro atoms. The lowest BCUT2D eigenvalue weighted by Crippen LogP contribution is -2.29. The van der Waals surface area contributed by atoms with E-state index in [1.807, 2.05) is 30.3 Å². The first kappa shape index (κ1) is 10.3. The maximum Gasteiger partial charge on any atom is 0.164 e. The molecule has 1 fully saturated rings. The zero-order valence-electron chi connectivity index (χ0n) is 8.68. The molecule has 0 radical (unpaired) electrons. The van der Waals surface area contributed by atoms with Crippen LogP contribution in [0.1, 0.15) is 24.5 Å². The molecule has 2 unspecified atom stereocenters. The van der Waals surface area contributed by atoms with Gasteiger partial charge in [-0.05, 0) is 5.56 Å². The lowest BCUT2D eigenvalue weighted by atomic mass is 10.00. The van der Waals surface area contributed by atoms with E-state index in [0.717, 1.165) is 5.56 Å². The highest BCUT2D eigenvalue weighted by Crippen LogP contribution is 2.29. The van der Waals surface area contributed by atoms with Crippen LogP contribution in [-0.4, -0.2) is 19.2 Å². The topological polar surface area (TPSA) is 35.5 Å². The van der Waals surface area contributed by atoms with E-state index in [4.69, 9.17) is 9.47 Å². The molecule has 15 heavy (non-hydrogen) atoms. The second-order valence-corrected chi connectivity index (χ2v) is 3.65. The van der Waals surface area contributed by atoms with Crippen molar-refractivity contribution < 1.29 is 14.3 Å². The minimum Gasteiger partial charge on any atom is -0.355 e. The highest BCUT2D eigenvalue weighted by Gasteiger charge is 2.28. The molecule has 2 rings (SSSR count). The summed E-state index contributed by atoms with van der Waals surface area (Å²) in [6.07, 6.45) is 0.262. The summed E-state index contributed by atoms with van der Waals surface area (Å²) in [6, 6.07) is 9.77. The van der Waals surface area contributed by atoms with E-state index < -0.39 is 6.29 Å². The monoisotopic (exact) mass is 206 g/mol. The van der Waals surface area contributed by atoms with E-state index in [9.17, 15) is 4.79 Å². The molecule has 1 heterocycles. The fourth-order valence-corrected chi connectivity index (χ4v) is 1.76.